The van der Waals surface area contributed by atoms with E-state index >= 15 is 0 Å². The van der Waals surface area contributed by atoms with Gasteiger partial charge >= 0.3 is 0 Å². The smallest absolute Gasteiger partial charge is 0.0443 e. The molecule has 1 nitrogen and oxygen atoms in total. The van der Waals surface area contributed by atoms with Crippen LogP contribution < -0.4 is 5.73 Å². The first kappa shape index (κ1) is 9.72. The molecular formula is C13H19N. The van der Waals surface area contributed by atoms with E-state index in [1.807, 2.05) is 6.08 Å². The van der Waals surface area contributed by atoms with Crippen molar-refractivity contribution in [3.05, 3.63) is 36.5 Å². The van der Waals surface area contributed by atoms with E-state index in [0.29, 0.717) is 5.92 Å². The van der Waals surface area contributed by atoms with Crippen LogP contribution in [-0.2, 0) is 0 Å². The molecule has 0 heterocycles. The van der Waals surface area contributed by atoms with Gasteiger partial charge in [0.1, 0.15) is 0 Å². The molecule has 76 valence electrons. The molecule has 3 aliphatic carbocycles. The number of fused-ring (bicyclic) bond motifs is 1. The minimum Gasteiger partial charge on any atom is -0.321 e. The summed E-state index contributed by atoms with van der Waals surface area (Å²) < 4.78 is 0. The van der Waals surface area contributed by atoms with E-state index < -0.39 is 0 Å². The average molecular weight is 189 g/mol. The number of hydrogen-bond donors (Lipinski definition) is 1. The normalized spacial score (nSPS) is 42.1. The maximum absolute atomic E-state index is 6.04. The molecule has 3 aliphatic rings. The van der Waals surface area contributed by atoms with Gasteiger partial charge in [-0.2, -0.15) is 0 Å². The van der Waals surface area contributed by atoms with Gasteiger partial charge in [-0.3, -0.25) is 0 Å². The second kappa shape index (κ2) is 3.39. The molecule has 2 bridgehead atoms. The lowest BCUT2D eigenvalue weighted by Crippen LogP contribution is -2.45. The molecule has 0 aromatic rings. The predicted octanol–water partition coefficient (Wildman–Crippen LogP) is 2.51. The summed E-state index contributed by atoms with van der Waals surface area (Å²) >= 11 is 0. The summed E-state index contributed by atoms with van der Waals surface area (Å²) in [6.45, 7) is 8.43. The fraction of sp³-hybridized carbons (Fsp3) is 0.538. The van der Waals surface area contributed by atoms with Crippen LogP contribution in [0.25, 0.3) is 0 Å². The monoisotopic (exact) mass is 189 g/mol. The standard InChI is InChI=1S/C13H19N/c1-4-12(14)11-7-5-6-10-8(2)13(11)9(10)3/h4-10,12-13H,1,14H2,2-3H3. The van der Waals surface area contributed by atoms with Gasteiger partial charge in [-0.1, -0.05) is 38.2 Å². The highest BCUT2D eigenvalue weighted by Crippen LogP contribution is 2.52. The first-order valence-electron chi connectivity index (χ1n) is 5.43. The SMILES string of the molecule is C=CC(N)C1=CC=CC2C(C)C1C2C. The Kier molecular flexibility index (Phi) is 2.36. The Morgan fingerprint density at radius 3 is 2.64 bits per heavy atom. The van der Waals surface area contributed by atoms with Gasteiger partial charge in [-0.05, 0) is 29.2 Å². The van der Waals surface area contributed by atoms with Crippen molar-refractivity contribution in [3.63, 3.8) is 0 Å². The molecule has 3 atom stereocenters. The summed E-state index contributed by atoms with van der Waals surface area (Å²) in [5.74, 6) is 2.93. The molecule has 1 saturated carbocycles. The molecule has 0 radical (unpaired) electrons. The Labute approximate surface area is 86.4 Å². The van der Waals surface area contributed by atoms with Gasteiger partial charge in [0.2, 0.25) is 0 Å². The van der Waals surface area contributed by atoms with Crippen LogP contribution in [0.5, 0.6) is 0 Å². The highest BCUT2D eigenvalue weighted by atomic mass is 14.7. The summed E-state index contributed by atoms with van der Waals surface area (Å²) in [4.78, 5) is 0. The van der Waals surface area contributed by atoms with Gasteiger partial charge in [-0.15, -0.1) is 6.58 Å². The maximum Gasteiger partial charge on any atom is 0.0443 e. The third-order valence-electron chi connectivity index (χ3n) is 3.99. The zero-order valence-corrected chi connectivity index (χ0v) is 8.98. The van der Waals surface area contributed by atoms with Crippen LogP contribution in [0.15, 0.2) is 36.5 Å². The maximum atomic E-state index is 6.04. The molecule has 0 spiro atoms. The molecule has 1 heteroatoms. The highest BCUT2D eigenvalue weighted by Gasteiger charge is 2.46. The fourth-order valence-electron chi connectivity index (χ4n) is 3.12. The van der Waals surface area contributed by atoms with Crippen LogP contribution in [0.2, 0.25) is 0 Å². The second-order valence-electron chi connectivity index (χ2n) is 4.63. The Balaban J connectivity index is 2.29. The molecule has 1 fully saturated rings. The summed E-state index contributed by atoms with van der Waals surface area (Å²) in [7, 11) is 0. The zero-order chi connectivity index (χ0) is 10.3. The molecule has 14 heavy (non-hydrogen) atoms. The van der Waals surface area contributed by atoms with Crippen molar-refractivity contribution in [1.82, 2.24) is 0 Å². The van der Waals surface area contributed by atoms with E-state index in [1.54, 1.807) is 0 Å². The number of hydrogen-bond acceptors (Lipinski definition) is 1. The Morgan fingerprint density at radius 2 is 2.07 bits per heavy atom. The molecule has 0 saturated heterocycles. The van der Waals surface area contributed by atoms with Gasteiger partial charge < -0.3 is 5.73 Å². The quantitative estimate of drug-likeness (QED) is 0.664. The number of allylic oxidation sites excluding steroid dienone is 3. The van der Waals surface area contributed by atoms with Crippen LogP contribution in [0.4, 0.5) is 0 Å². The lowest BCUT2D eigenvalue weighted by Gasteiger charge is -2.49. The molecule has 0 aromatic heterocycles. The van der Waals surface area contributed by atoms with Crippen LogP contribution >= 0.6 is 0 Å². The van der Waals surface area contributed by atoms with Crippen molar-refractivity contribution in [2.45, 2.75) is 19.9 Å². The first-order valence-corrected chi connectivity index (χ1v) is 5.43. The van der Waals surface area contributed by atoms with Gasteiger partial charge in [0.05, 0.1) is 0 Å². The van der Waals surface area contributed by atoms with Crippen molar-refractivity contribution in [2.24, 2.45) is 29.4 Å². The largest absolute Gasteiger partial charge is 0.321 e. The summed E-state index contributed by atoms with van der Waals surface area (Å²) in [5, 5.41) is 0. The number of rotatable bonds is 2. The van der Waals surface area contributed by atoms with Gasteiger partial charge in [-0.25, -0.2) is 0 Å². The molecule has 3 rings (SSSR count). The summed E-state index contributed by atoms with van der Waals surface area (Å²) in [6.07, 6.45) is 8.53. The lowest BCUT2D eigenvalue weighted by molar-refractivity contribution is 0.0650. The lowest BCUT2D eigenvalue weighted by atomic mass is 9.56. The third kappa shape index (κ3) is 1.19. The van der Waals surface area contributed by atoms with Crippen LogP contribution in [0, 0.1) is 23.7 Å². The van der Waals surface area contributed by atoms with E-state index in [-0.39, 0.29) is 6.04 Å². The van der Waals surface area contributed by atoms with Crippen LogP contribution in [0.1, 0.15) is 13.8 Å². The fourth-order valence-corrected chi connectivity index (χ4v) is 3.12. The average Bonchev–Trinajstić information content (AvgIpc) is 2.47. The predicted molar refractivity (Wildman–Crippen MR) is 60.7 cm³/mol. The van der Waals surface area contributed by atoms with Crippen molar-refractivity contribution < 1.29 is 0 Å². The topological polar surface area (TPSA) is 26.0 Å². The zero-order valence-electron chi connectivity index (χ0n) is 8.98. The Bertz CT molecular complexity index is 290. The van der Waals surface area contributed by atoms with E-state index in [1.165, 1.54) is 5.57 Å². The molecule has 2 N–H and O–H groups in total. The first-order chi connectivity index (χ1) is 6.66. The summed E-state index contributed by atoms with van der Waals surface area (Å²) in [5.41, 5.74) is 7.40. The van der Waals surface area contributed by atoms with E-state index in [0.717, 1.165) is 17.8 Å². The van der Waals surface area contributed by atoms with Crippen molar-refractivity contribution >= 4 is 0 Å². The van der Waals surface area contributed by atoms with Gasteiger partial charge in [0.15, 0.2) is 0 Å². The van der Waals surface area contributed by atoms with Crippen molar-refractivity contribution in [1.29, 1.82) is 0 Å². The van der Waals surface area contributed by atoms with E-state index in [9.17, 15) is 0 Å². The Hall–Kier alpha value is -0.820. The second-order valence-corrected chi connectivity index (χ2v) is 4.63. The molecule has 3 unspecified atom stereocenters. The Morgan fingerprint density at radius 1 is 1.43 bits per heavy atom. The number of nitrogens with two attached hydrogens (primary N) is 1. The molecule has 0 aromatic carbocycles. The van der Waals surface area contributed by atoms with Crippen molar-refractivity contribution in [2.75, 3.05) is 0 Å². The van der Waals surface area contributed by atoms with E-state index in [2.05, 4.69) is 38.7 Å². The van der Waals surface area contributed by atoms with Crippen molar-refractivity contribution in [3.8, 4) is 0 Å². The van der Waals surface area contributed by atoms with Crippen LogP contribution in [0.3, 0.4) is 0 Å². The van der Waals surface area contributed by atoms with E-state index in [4.69, 9.17) is 5.73 Å². The molecule has 0 amide bonds. The summed E-state index contributed by atoms with van der Waals surface area (Å²) in [6, 6.07) is 0.0357. The van der Waals surface area contributed by atoms with Gasteiger partial charge in [0.25, 0.3) is 0 Å². The molecular weight excluding hydrogens is 170 g/mol. The molecule has 0 aliphatic heterocycles. The van der Waals surface area contributed by atoms with Crippen LogP contribution in [-0.4, -0.2) is 6.04 Å². The third-order valence-corrected chi connectivity index (χ3v) is 3.99. The highest BCUT2D eigenvalue weighted by molar-refractivity contribution is 5.32. The minimum absolute atomic E-state index is 0.0357. The van der Waals surface area contributed by atoms with Gasteiger partial charge in [0, 0.05) is 6.04 Å². The minimum atomic E-state index is 0.0357.